The molecule has 0 aliphatic heterocycles. The van der Waals surface area contributed by atoms with Crippen LogP contribution in [0.3, 0.4) is 0 Å². The lowest BCUT2D eigenvalue weighted by Gasteiger charge is -2.14. The molecule has 0 N–H and O–H groups in total. The topological polar surface area (TPSA) is 35.5 Å². The molecule has 0 bridgehead atoms. The lowest BCUT2D eigenvalue weighted by Crippen LogP contribution is -2.11. The van der Waals surface area contributed by atoms with E-state index in [1.165, 1.54) is 7.11 Å². The van der Waals surface area contributed by atoms with Crippen molar-refractivity contribution in [2.24, 2.45) is 0 Å². The van der Waals surface area contributed by atoms with E-state index in [1.807, 2.05) is 19.9 Å². The fourth-order valence-corrected chi connectivity index (χ4v) is 2.19. The minimum Gasteiger partial charge on any atom is -0.496 e. The van der Waals surface area contributed by atoms with Gasteiger partial charge in [-0.05, 0) is 44.2 Å². The maximum atomic E-state index is 12.8. The number of ketones is 1. The van der Waals surface area contributed by atoms with E-state index in [0.717, 1.165) is 0 Å². The van der Waals surface area contributed by atoms with Crippen LogP contribution in [-0.2, 0) is 0 Å². The summed E-state index contributed by atoms with van der Waals surface area (Å²) in [6, 6.07) is 12.1. The first-order chi connectivity index (χ1) is 10.0. The van der Waals surface area contributed by atoms with Gasteiger partial charge in [-0.1, -0.05) is 23.7 Å². The number of methoxy groups -OCH3 is 1. The van der Waals surface area contributed by atoms with Gasteiger partial charge in [-0.15, -0.1) is 0 Å². The van der Waals surface area contributed by atoms with E-state index in [4.69, 9.17) is 21.1 Å². The van der Waals surface area contributed by atoms with Crippen LogP contribution in [0.4, 0.5) is 0 Å². The van der Waals surface area contributed by atoms with Gasteiger partial charge in [-0.25, -0.2) is 0 Å². The van der Waals surface area contributed by atoms with E-state index < -0.39 is 0 Å². The summed E-state index contributed by atoms with van der Waals surface area (Å²) in [5, 5.41) is 0.487. The molecule has 0 spiro atoms. The Morgan fingerprint density at radius 2 is 1.76 bits per heavy atom. The molecule has 0 aliphatic carbocycles. The van der Waals surface area contributed by atoms with Crippen LogP contribution < -0.4 is 9.47 Å². The van der Waals surface area contributed by atoms with Crippen LogP contribution in [0.2, 0.25) is 5.02 Å². The molecule has 0 aromatic heterocycles. The molecule has 0 saturated heterocycles. The third-order valence-corrected chi connectivity index (χ3v) is 3.14. The number of ether oxygens (including phenoxy) is 2. The summed E-state index contributed by atoms with van der Waals surface area (Å²) >= 11 is 5.99. The zero-order valence-corrected chi connectivity index (χ0v) is 13.0. The second kappa shape index (κ2) is 6.64. The first-order valence-electron chi connectivity index (χ1n) is 6.67. The molecule has 4 heteroatoms. The summed E-state index contributed by atoms with van der Waals surface area (Å²) in [5.74, 6) is 0.869. The Morgan fingerprint density at radius 1 is 1.05 bits per heavy atom. The molecule has 2 rings (SSSR count). The number of benzene rings is 2. The monoisotopic (exact) mass is 304 g/mol. The van der Waals surface area contributed by atoms with Crippen LogP contribution >= 0.6 is 11.6 Å². The fourth-order valence-electron chi connectivity index (χ4n) is 2.01. The highest BCUT2D eigenvalue weighted by Crippen LogP contribution is 2.29. The van der Waals surface area contributed by atoms with Crippen LogP contribution in [0.1, 0.15) is 29.8 Å². The van der Waals surface area contributed by atoms with E-state index >= 15 is 0 Å². The molecule has 2 aromatic rings. The van der Waals surface area contributed by atoms with Crippen LogP contribution in [0, 0.1) is 0 Å². The van der Waals surface area contributed by atoms with Crippen molar-refractivity contribution < 1.29 is 14.3 Å². The van der Waals surface area contributed by atoms with Crippen molar-refractivity contribution in [2.45, 2.75) is 20.0 Å². The third kappa shape index (κ3) is 3.56. The van der Waals surface area contributed by atoms with Crippen LogP contribution in [0.25, 0.3) is 0 Å². The van der Waals surface area contributed by atoms with Crippen LogP contribution in [0.5, 0.6) is 11.5 Å². The van der Waals surface area contributed by atoms with E-state index in [2.05, 4.69) is 0 Å². The van der Waals surface area contributed by atoms with Gasteiger partial charge in [0.05, 0.1) is 24.3 Å². The molecule has 2 aromatic carbocycles. The number of carbonyl (C=O) groups excluding carboxylic acids is 1. The van der Waals surface area contributed by atoms with E-state index in [9.17, 15) is 4.79 Å². The van der Waals surface area contributed by atoms with Gasteiger partial charge in [0.25, 0.3) is 0 Å². The highest BCUT2D eigenvalue weighted by molar-refractivity contribution is 6.31. The van der Waals surface area contributed by atoms with Crippen molar-refractivity contribution in [3.63, 3.8) is 0 Å². The number of hydrogen-bond acceptors (Lipinski definition) is 3. The molecule has 0 unspecified atom stereocenters. The molecular weight excluding hydrogens is 288 g/mol. The summed E-state index contributed by atoms with van der Waals surface area (Å²) in [6.07, 6.45) is -0.0137. The second-order valence-corrected chi connectivity index (χ2v) is 5.27. The first kappa shape index (κ1) is 15.4. The highest BCUT2D eigenvalue weighted by Gasteiger charge is 2.19. The van der Waals surface area contributed by atoms with Gasteiger partial charge in [0.2, 0.25) is 5.78 Å². The number of hydrogen-bond donors (Lipinski definition) is 0. The van der Waals surface area contributed by atoms with Crippen molar-refractivity contribution in [1.29, 1.82) is 0 Å². The van der Waals surface area contributed by atoms with E-state index in [-0.39, 0.29) is 11.9 Å². The Kier molecular flexibility index (Phi) is 4.86. The van der Waals surface area contributed by atoms with Crippen molar-refractivity contribution >= 4 is 17.4 Å². The summed E-state index contributed by atoms with van der Waals surface area (Å²) in [5.41, 5.74) is 0.913. The van der Waals surface area contributed by atoms with Crippen molar-refractivity contribution in [3.8, 4) is 11.5 Å². The largest absolute Gasteiger partial charge is 0.496 e. The Hall–Kier alpha value is -2.00. The Bertz CT molecular complexity index is 650. The third-order valence-electron chi connectivity index (χ3n) is 2.90. The molecule has 0 saturated carbocycles. The van der Waals surface area contributed by atoms with Crippen LogP contribution in [0.15, 0.2) is 42.5 Å². The summed E-state index contributed by atoms with van der Waals surface area (Å²) in [7, 11) is 1.52. The number of carbonyl (C=O) groups is 1. The van der Waals surface area contributed by atoms with Crippen molar-refractivity contribution in [2.75, 3.05) is 7.11 Å². The van der Waals surface area contributed by atoms with Gasteiger partial charge < -0.3 is 9.47 Å². The minimum absolute atomic E-state index is 0.0137. The van der Waals surface area contributed by atoms with E-state index in [1.54, 1.807) is 36.4 Å². The molecule has 0 amide bonds. The van der Waals surface area contributed by atoms with Gasteiger partial charge in [0.15, 0.2) is 0 Å². The second-order valence-electron chi connectivity index (χ2n) is 4.84. The lowest BCUT2D eigenvalue weighted by atomic mass is 10.0. The summed E-state index contributed by atoms with van der Waals surface area (Å²) in [6.45, 7) is 3.84. The van der Waals surface area contributed by atoms with Crippen LogP contribution in [-0.4, -0.2) is 19.0 Å². The van der Waals surface area contributed by atoms with Crippen molar-refractivity contribution in [3.05, 3.63) is 58.6 Å². The number of halogens is 1. The van der Waals surface area contributed by atoms with Crippen molar-refractivity contribution in [1.82, 2.24) is 0 Å². The molecule has 0 aliphatic rings. The predicted molar refractivity (Wildman–Crippen MR) is 83.6 cm³/mol. The Morgan fingerprint density at radius 3 is 2.43 bits per heavy atom. The molecule has 0 fully saturated rings. The minimum atomic E-state index is -0.175. The average molecular weight is 305 g/mol. The molecule has 0 heterocycles. The summed E-state index contributed by atoms with van der Waals surface area (Å²) in [4.78, 5) is 12.8. The Balaban J connectivity index is 2.48. The van der Waals surface area contributed by atoms with Gasteiger partial charge in [0.1, 0.15) is 11.5 Å². The Labute approximate surface area is 129 Å². The predicted octanol–water partition coefficient (Wildman–Crippen LogP) is 4.37. The lowest BCUT2D eigenvalue weighted by molar-refractivity contribution is 0.103. The standard InChI is InChI=1S/C17H17ClO3/c1-11(2)21-16-7-5-4-6-13(16)17(19)14-10-12(18)8-9-15(14)20-3/h4-11H,1-3H3. The molecule has 110 valence electrons. The van der Waals surface area contributed by atoms with Gasteiger partial charge in [0, 0.05) is 5.02 Å². The molecule has 0 radical (unpaired) electrons. The normalized spacial score (nSPS) is 10.5. The highest BCUT2D eigenvalue weighted by atomic mass is 35.5. The van der Waals surface area contributed by atoms with Gasteiger partial charge in [-0.3, -0.25) is 4.79 Å². The molecule has 3 nitrogen and oxygen atoms in total. The molecule has 0 atom stereocenters. The quantitative estimate of drug-likeness (QED) is 0.770. The zero-order valence-electron chi connectivity index (χ0n) is 12.2. The smallest absolute Gasteiger partial charge is 0.200 e. The zero-order chi connectivity index (χ0) is 15.4. The maximum absolute atomic E-state index is 12.8. The fraction of sp³-hybridized carbons (Fsp3) is 0.235. The summed E-state index contributed by atoms with van der Waals surface area (Å²) < 4.78 is 10.9. The first-order valence-corrected chi connectivity index (χ1v) is 7.04. The van der Waals surface area contributed by atoms with Gasteiger partial charge in [-0.2, -0.15) is 0 Å². The van der Waals surface area contributed by atoms with E-state index in [0.29, 0.717) is 27.6 Å². The number of para-hydroxylation sites is 1. The molecule has 21 heavy (non-hydrogen) atoms. The SMILES string of the molecule is COc1ccc(Cl)cc1C(=O)c1ccccc1OC(C)C. The maximum Gasteiger partial charge on any atom is 0.200 e. The van der Waals surface area contributed by atoms with Gasteiger partial charge >= 0.3 is 0 Å². The molecular formula is C17H17ClO3. The average Bonchev–Trinajstić information content (AvgIpc) is 2.46. The number of rotatable bonds is 5.